The topological polar surface area (TPSA) is 29.9 Å². The normalized spacial score (nSPS) is 22.3. The monoisotopic (exact) mass is 301 g/mol. The van der Waals surface area contributed by atoms with Gasteiger partial charge in [0, 0.05) is 35.9 Å². The molecule has 0 saturated heterocycles. The molecule has 112 valence electrons. The number of nitrogens with one attached hydrogen (secondary N) is 1. The minimum atomic E-state index is 0.696. The summed E-state index contributed by atoms with van der Waals surface area (Å²) in [6.45, 7) is 0.971. The minimum absolute atomic E-state index is 0.696. The van der Waals surface area contributed by atoms with Gasteiger partial charge in [-0.1, -0.05) is 12.1 Å². The second-order valence-electron chi connectivity index (χ2n) is 5.73. The predicted molar refractivity (Wildman–Crippen MR) is 90.0 cm³/mol. The summed E-state index contributed by atoms with van der Waals surface area (Å²) in [7, 11) is 0. The second-order valence-corrected chi connectivity index (χ2v) is 6.86. The van der Waals surface area contributed by atoms with Crippen LogP contribution in [0.2, 0.25) is 0 Å². The lowest BCUT2D eigenvalue weighted by Crippen LogP contribution is -2.33. The maximum atomic E-state index is 4.08. The Hall–Kier alpha value is -1.26. The Morgan fingerprint density at radius 2 is 1.95 bits per heavy atom. The third kappa shape index (κ3) is 3.89. The third-order valence-electron chi connectivity index (χ3n) is 4.34. The molecule has 1 fully saturated rings. The van der Waals surface area contributed by atoms with Gasteiger partial charge in [-0.2, -0.15) is 11.8 Å². The molecule has 1 aromatic heterocycles. The first-order valence-electron chi connectivity index (χ1n) is 7.68. The van der Waals surface area contributed by atoms with Gasteiger partial charge >= 0.3 is 0 Å². The molecule has 1 heterocycles. The van der Waals surface area contributed by atoms with Crippen LogP contribution in [-0.2, 0) is 6.54 Å². The summed E-state index contributed by atoms with van der Waals surface area (Å²) >= 11 is 2.03. The number of hydrogen-bond acceptors (Lipinski definition) is 3. The van der Waals surface area contributed by atoms with Crippen molar-refractivity contribution in [3.8, 4) is 5.69 Å². The van der Waals surface area contributed by atoms with Crippen molar-refractivity contribution in [3.05, 3.63) is 48.5 Å². The van der Waals surface area contributed by atoms with E-state index in [0.29, 0.717) is 6.04 Å². The van der Waals surface area contributed by atoms with Gasteiger partial charge < -0.3 is 9.88 Å². The van der Waals surface area contributed by atoms with Crippen molar-refractivity contribution in [1.82, 2.24) is 14.9 Å². The highest BCUT2D eigenvalue weighted by molar-refractivity contribution is 7.99. The zero-order valence-electron chi connectivity index (χ0n) is 12.5. The van der Waals surface area contributed by atoms with Crippen molar-refractivity contribution < 1.29 is 0 Å². The van der Waals surface area contributed by atoms with Crippen LogP contribution < -0.4 is 5.32 Å². The lowest BCUT2D eigenvalue weighted by atomic mass is 9.95. The van der Waals surface area contributed by atoms with Crippen LogP contribution >= 0.6 is 11.8 Å². The SMILES string of the molecule is CSC1CCC(NCc2ccc(-n3ccnc3)cc2)CC1. The van der Waals surface area contributed by atoms with Crippen LogP contribution in [0.15, 0.2) is 43.0 Å². The Morgan fingerprint density at radius 3 is 2.57 bits per heavy atom. The highest BCUT2D eigenvalue weighted by atomic mass is 32.2. The van der Waals surface area contributed by atoms with Crippen molar-refractivity contribution >= 4 is 11.8 Å². The van der Waals surface area contributed by atoms with E-state index in [1.165, 1.54) is 31.2 Å². The maximum absolute atomic E-state index is 4.08. The van der Waals surface area contributed by atoms with Gasteiger partial charge in [-0.3, -0.25) is 0 Å². The van der Waals surface area contributed by atoms with Gasteiger partial charge in [-0.05, 0) is 49.6 Å². The summed E-state index contributed by atoms with van der Waals surface area (Å²) in [6.07, 6.45) is 13.2. The molecule has 0 spiro atoms. The van der Waals surface area contributed by atoms with Gasteiger partial charge in [0.1, 0.15) is 0 Å². The van der Waals surface area contributed by atoms with Gasteiger partial charge in [0.2, 0.25) is 0 Å². The molecule has 1 N–H and O–H groups in total. The molecular weight excluding hydrogens is 278 g/mol. The Kier molecular flexibility index (Phi) is 4.99. The minimum Gasteiger partial charge on any atom is -0.310 e. The van der Waals surface area contributed by atoms with E-state index in [2.05, 4.69) is 40.8 Å². The van der Waals surface area contributed by atoms with Crippen LogP contribution in [0, 0.1) is 0 Å². The first kappa shape index (κ1) is 14.7. The lowest BCUT2D eigenvalue weighted by molar-refractivity contribution is 0.379. The van der Waals surface area contributed by atoms with Crippen LogP contribution in [-0.4, -0.2) is 27.1 Å². The lowest BCUT2D eigenvalue weighted by Gasteiger charge is -2.28. The number of thioether (sulfide) groups is 1. The molecule has 3 rings (SSSR count). The number of aromatic nitrogens is 2. The van der Waals surface area contributed by atoms with Crippen LogP contribution in [0.25, 0.3) is 5.69 Å². The Balaban J connectivity index is 1.50. The van der Waals surface area contributed by atoms with Crippen LogP contribution in [0.5, 0.6) is 0 Å². The molecule has 0 bridgehead atoms. The molecule has 1 aliphatic carbocycles. The first-order valence-corrected chi connectivity index (χ1v) is 8.97. The number of benzene rings is 1. The van der Waals surface area contributed by atoms with Gasteiger partial charge in [0.05, 0.1) is 6.33 Å². The fourth-order valence-electron chi connectivity index (χ4n) is 2.96. The van der Waals surface area contributed by atoms with Gasteiger partial charge in [0.25, 0.3) is 0 Å². The average molecular weight is 301 g/mol. The number of nitrogens with zero attached hydrogens (tertiary/aromatic N) is 2. The largest absolute Gasteiger partial charge is 0.310 e. The Morgan fingerprint density at radius 1 is 1.19 bits per heavy atom. The molecule has 0 atom stereocenters. The molecule has 4 heteroatoms. The fraction of sp³-hybridized carbons (Fsp3) is 0.471. The molecule has 21 heavy (non-hydrogen) atoms. The maximum Gasteiger partial charge on any atom is 0.0991 e. The molecule has 0 amide bonds. The van der Waals surface area contributed by atoms with E-state index in [1.807, 2.05) is 28.9 Å². The van der Waals surface area contributed by atoms with Crippen molar-refractivity contribution in [2.75, 3.05) is 6.26 Å². The van der Waals surface area contributed by atoms with Crippen molar-refractivity contribution in [3.63, 3.8) is 0 Å². The first-order chi connectivity index (χ1) is 10.3. The summed E-state index contributed by atoms with van der Waals surface area (Å²) in [6, 6.07) is 9.42. The van der Waals surface area contributed by atoms with Gasteiger partial charge in [-0.25, -0.2) is 4.98 Å². The molecule has 3 nitrogen and oxygen atoms in total. The molecule has 0 aliphatic heterocycles. The molecule has 2 aromatic rings. The van der Waals surface area contributed by atoms with Crippen LogP contribution in [0.4, 0.5) is 0 Å². The Bertz CT molecular complexity index is 528. The van der Waals surface area contributed by atoms with Gasteiger partial charge in [0.15, 0.2) is 0 Å². The quantitative estimate of drug-likeness (QED) is 0.914. The summed E-state index contributed by atoms with van der Waals surface area (Å²) in [4.78, 5) is 4.08. The fourth-order valence-corrected chi connectivity index (χ4v) is 3.71. The van der Waals surface area contributed by atoms with E-state index in [9.17, 15) is 0 Å². The average Bonchev–Trinajstić information content (AvgIpc) is 3.08. The zero-order chi connectivity index (χ0) is 14.5. The Labute approximate surface area is 131 Å². The van der Waals surface area contributed by atoms with Crippen LogP contribution in [0.3, 0.4) is 0 Å². The molecule has 1 aromatic carbocycles. The van der Waals surface area contributed by atoms with E-state index in [4.69, 9.17) is 0 Å². The van der Waals surface area contributed by atoms with E-state index in [0.717, 1.165) is 17.5 Å². The molecular formula is C17H23N3S. The van der Waals surface area contributed by atoms with Crippen molar-refractivity contribution in [2.24, 2.45) is 0 Å². The highest BCUT2D eigenvalue weighted by Gasteiger charge is 2.19. The third-order valence-corrected chi connectivity index (χ3v) is 5.48. The molecule has 1 saturated carbocycles. The van der Waals surface area contributed by atoms with Crippen molar-refractivity contribution in [1.29, 1.82) is 0 Å². The highest BCUT2D eigenvalue weighted by Crippen LogP contribution is 2.27. The van der Waals surface area contributed by atoms with Crippen LogP contribution in [0.1, 0.15) is 31.2 Å². The van der Waals surface area contributed by atoms with E-state index in [1.54, 1.807) is 6.20 Å². The van der Waals surface area contributed by atoms with Gasteiger partial charge in [-0.15, -0.1) is 0 Å². The number of rotatable bonds is 5. The second kappa shape index (κ2) is 7.14. The summed E-state index contributed by atoms with van der Waals surface area (Å²) in [5.41, 5.74) is 2.52. The van der Waals surface area contributed by atoms with Crippen molar-refractivity contribution in [2.45, 2.75) is 43.5 Å². The zero-order valence-corrected chi connectivity index (χ0v) is 13.4. The number of hydrogen-bond donors (Lipinski definition) is 1. The standard InChI is InChI=1S/C17H23N3S/c1-21-17-8-4-15(5-9-17)19-12-14-2-6-16(7-3-14)20-11-10-18-13-20/h2-3,6-7,10-11,13,15,17,19H,4-5,8-9,12H2,1H3. The number of imidazole rings is 1. The molecule has 1 aliphatic rings. The molecule has 0 radical (unpaired) electrons. The van der Waals surface area contributed by atoms with E-state index < -0.39 is 0 Å². The van der Waals surface area contributed by atoms with E-state index >= 15 is 0 Å². The van der Waals surface area contributed by atoms with E-state index in [-0.39, 0.29) is 0 Å². The summed E-state index contributed by atoms with van der Waals surface area (Å²) in [5, 5.41) is 4.59. The predicted octanol–water partition coefficient (Wildman–Crippen LogP) is 3.64. The summed E-state index contributed by atoms with van der Waals surface area (Å²) in [5.74, 6) is 0. The molecule has 0 unspecified atom stereocenters. The summed E-state index contributed by atoms with van der Waals surface area (Å²) < 4.78 is 2.03. The smallest absolute Gasteiger partial charge is 0.0991 e.